The van der Waals surface area contributed by atoms with Gasteiger partial charge in [0.15, 0.2) is 24.8 Å². The number of ether oxygens (including phenoxy) is 9. The molecule has 4 heterocycles. The van der Waals surface area contributed by atoms with Gasteiger partial charge in [0, 0.05) is 18.9 Å². The molecule has 276 valence electrons. The summed E-state index contributed by atoms with van der Waals surface area (Å²) < 4.78 is 51.4. The van der Waals surface area contributed by atoms with E-state index in [4.69, 9.17) is 42.6 Å². The number of hydrogen-bond donors (Lipinski definition) is 6. The average Bonchev–Trinajstić information content (AvgIpc) is 3.78. The molecule has 6 N–H and O–H groups in total. The maximum absolute atomic E-state index is 12.8. The van der Waals surface area contributed by atoms with E-state index < -0.39 is 122 Å². The second-order valence-corrected chi connectivity index (χ2v) is 12.8. The molecule has 0 amide bonds. The Morgan fingerprint density at radius 3 is 2.26 bits per heavy atom. The smallest absolute Gasteiger partial charge is 0.331 e. The van der Waals surface area contributed by atoms with E-state index in [2.05, 4.69) is 0 Å². The van der Waals surface area contributed by atoms with Crippen molar-refractivity contribution >= 4 is 18.0 Å². The number of epoxide rings is 1. The Hall–Kier alpha value is -3.20. The minimum atomic E-state index is -1.71. The molecule has 4 fully saturated rings. The zero-order chi connectivity index (χ0) is 35.9. The van der Waals surface area contributed by atoms with Crippen LogP contribution in [0.5, 0.6) is 5.75 Å². The van der Waals surface area contributed by atoms with Crippen molar-refractivity contribution in [2.24, 2.45) is 11.8 Å². The van der Waals surface area contributed by atoms with Crippen molar-refractivity contribution in [1.82, 2.24) is 0 Å². The summed E-state index contributed by atoms with van der Waals surface area (Å²) in [6.07, 6.45) is -11.5. The number of rotatable bonds is 11. The fourth-order valence-electron chi connectivity index (χ4n) is 7.11. The first kappa shape index (κ1) is 36.6. The molecule has 6 rings (SSSR count). The molecule has 0 unspecified atom stereocenters. The first-order valence-corrected chi connectivity index (χ1v) is 16.2. The number of fused-ring (bicyclic) bond motifs is 3. The van der Waals surface area contributed by atoms with E-state index in [9.17, 15) is 40.2 Å². The summed E-state index contributed by atoms with van der Waals surface area (Å²) in [6.45, 7) is 1.54. The zero-order valence-electron chi connectivity index (χ0n) is 27.4. The largest absolute Gasteiger partial charge is 0.497 e. The third-order valence-electron chi connectivity index (χ3n) is 9.72. The average molecular weight is 711 g/mol. The summed E-state index contributed by atoms with van der Waals surface area (Å²) in [6, 6.07) is 6.93. The lowest BCUT2D eigenvalue weighted by atomic mass is 9.85. The Morgan fingerprint density at radius 1 is 0.880 bits per heavy atom. The highest BCUT2D eigenvalue weighted by Gasteiger charge is 2.77. The number of carbonyl (C=O) groups is 2. The summed E-state index contributed by atoms with van der Waals surface area (Å²) in [5.41, 5.74) is -0.548. The SMILES string of the molecule is COc1ccc(/C=C/C(=O)O[C@@H]2[C@@H](OC(C)=O)[C@@H](O)[C@H](O[C@H]3[C@@H]4C=CO[C@@H](O[C@@H]5O[C@H](CO)[C@@H](O)[C@H](O)[C@H]5O)[C@@H]4[C@@]4(CO)O[C@@H]34)O[C@H]2C)cc1. The van der Waals surface area contributed by atoms with Crippen LogP contribution < -0.4 is 4.74 Å². The number of methoxy groups -OCH3 is 1. The Balaban J connectivity index is 1.15. The molecule has 3 saturated heterocycles. The van der Waals surface area contributed by atoms with Gasteiger partial charge in [-0.3, -0.25) is 4.79 Å². The molecule has 4 aliphatic heterocycles. The van der Waals surface area contributed by atoms with Gasteiger partial charge in [-0.15, -0.1) is 0 Å². The van der Waals surface area contributed by atoms with Gasteiger partial charge in [0.2, 0.25) is 6.29 Å². The van der Waals surface area contributed by atoms with E-state index in [1.54, 1.807) is 37.3 Å². The van der Waals surface area contributed by atoms with E-state index in [1.165, 1.54) is 25.5 Å². The highest BCUT2D eigenvalue weighted by atomic mass is 16.8. The maximum Gasteiger partial charge on any atom is 0.331 e. The Labute approximate surface area is 286 Å². The number of carbonyl (C=O) groups excluding carboxylic acids is 2. The Kier molecular flexibility index (Phi) is 10.8. The van der Waals surface area contributed by atoms with Crippen LogP contribution in [0.4, 0.5) is 0 Å². The first-order valence-electron chi connectivity index (χ1n) is 16.2. The van der Waals surface area contributed by atoms with Crippen molar-refractivity contribution in [2.75, 3.05) is 20.3 Å². The minimum Gasteiger partial charge on any atom is -0.497 e. The second-order valence-electron chi connectivity index (χ2n) is 12.8. The molecule has 5 aliphatic rings. The van der Waals surface area contributed by atoms with Crippen molar-refractivity contribution in [1.29, 1.82) is 0 Å². The van der Waals surface area contributed by atoms with Gasteiger partial charge in [0.25, 0.3) is 0 Å². The van der Waals surface area contributed by atoms with E-state index in [1.807, 2.05) is 0 Å². The van der Waals surface area contributed by atoms with Gasteiger partial charge < -0.3 is 73.3 Å². The summed E-state index contributed by atoms with van der Waals surface area (Å²) in [5, 5.41) is 62.3. The van der Waals surface area contributed by atoms with Crippen molar-refractivity contribution in [3.8, 4) is 5.75 Å². The highest BCUT2D eigenvalue weighted by molar-refractivity contribution is 5.87. The molecule has 0 radical (unpaired) electrons. The molecule has 1 aromatic carbocycles. The van der Waals surface area contributed by atoms with Crippen LogP contribution in [0.1, 0.15) is 19.4 Å². The molecule has 0 aromatic heterocycles. The predicted octanol–water partition coefficient (Wildman–Crippen LogP) is -1.89. The van der Waals surface area contributed by atoms with Crippen LogP contribution in [0.25, 0.3) is 6.08 Å². The van der Waals surface area contributed by atoms with Gasteiger partial charge in [-0.2, -0.15) is 0 Å². The van der Waals surface area contributed by atoms with Gasteiger partial charge in [0.1, 0.15) is 48.0 Å². The molecule has 0 spiro atoms. The monoisotopic (exact) mass is 710 g/mol. The highest BCUT2D eigenvalue weighted by Crippen LogP contribution is 2.61. The third kappa shape index (κ3) is 6.88. The summed E-state index contributed by atoms with van der Waals surface area (Å²) in [4.78, 5) is 24.9. The van der Waals surface area contributed by atoms with Crippen molar-refractivity contribution in [3.63, 3.8) is 0 Å². The minimum absolute atomic E-state index is 0.493. The molecule has 16 atom stereocenters. The fourth-order valence-corrected chi connectivity index (χ4v) is 7.11. The summed E-state index contributed by atoms with van der Waals surface area (Å²) in [7, 11) is 1.54. The Bertz CT molecular complexity index is 1420. The van der Waals surface area contributed by atoms with Crippen LogP contribution in [0.2, 0.25) is 0 Å². The van der Waals surface area contributed by atoms with Crippen LogP contribution in [0.3, 0.4) is 0 Å². The molecule has 1 aromatic rings. The number of hydrogen-bond acceptors (Lipinski definition) is 17. The zero-order valence-corrected chi connectivity index (χ0v) is 27.4. The fraction of sp³-hybridized carbons (Fsp3) is 0.636. The molecular formula is C33H42O17. The number of benzene rings is 1. The lowest BCUT2D eigenvalue weighted by Gasteiger charge is -2.44. The van der Waals surface area contributed by atoms with Gasteiger partial charge in [-0.05, 0) is 36.8 Å². The molecule has 17 heteroatoms. The standard InChI is InChI=1S/C33H42O17/c1-14-26(47-20(37)9-6-16-4-7-17(42-3)8-5-16)28(45-15(2)36)25(41)32(44-14)48-27-18-10-11-43-30(21(18)33(13-35)29(27)50-33)49-31-24(40)23(39)22(38)19(12-34)46-31/h4-11,14,18-19,21-32,34-35,38-41H,12-13H2,1-3H3/b9-6+/t14-,18+,19+,21+,22+,23-,24+,25+,26-,27-,28-,29-,30-,31-,32-,33+/m0/s1. The van der Waals surface area contributed by atoms with Crippen molar-refractivity contribution < 1.29 is 82.9 Å². The summed E-state index contributed by atoms with van der Waals surface area (Å²) in [5.74, 6) is -2.23. The van der Waals surface area contributed by atoms with Crippen LogP contribution in [0, 0.1) is 11.8 Å². The van der Waals surface area contributed by atoms with Crippen molar-refractivity contribution in [2.45, 2.75) is 99.4 Å². The van der Waals surface area contributed by atoms with E-state index in [0.29, 0.717) is 11.3 Å². The quantitative estimate of drug-likeness (QED) is 0.0835. The van der Waals surface area contributed by atoms with Crippen molar-refractivity contribution in [3.05, 3.63) is 48.2 Å². The topological polar surface area (TPSA) is 242 Å². The van der Waals surface area contributed by atoms with E-state index in [0.717, 1.165) is 6.92 Å². The van der Waals surface area contributed by atoms with E-state index in [-0.39, 0.29) is 0 Å². The predicted molar refractivity (Wildman–Crippen MR) is 163 cm³/mol. The lowest BCUT2D eigenvalue weighted by molar-refractivity contribution is -0.347. The van der Waals surface area contributed by atoms with Crippen LogP contribution in [-0.4, -0.2) is 148 Å². The van der Waals surface area contributed by atoms with Crippen LogP contribution >= 0.6 is 0 Å². The first-order chi connectivity index (χ1) is 23.9. The Morgan fingerprint density at radius 2 is 1.60 bits per heavy atom. The van der Waals surface area contributed by atoms with Crippen LogP contribution in [0.15, 0.2) is 42.7 Å². The number of aliphatic hydroxyl groups excluding tert-OH is 6. The molecule has 50 heavy (non-hydrogen) atoms. The molecule has 0 bridgehead atoms. The van der Waals surface area contributed by atoms with E-state index >= 15 is 0 Å². The van der Waals surface area contributed by atoms with Gasteiger partial charge in [0.05, 0.1) is 44.7 Å². The van der Waals surface area contributed by atoms with Gasteiger partial charge in [-0.1, -0.05) is 12.1 Å². The molecule has 1 saturated carbocycles. The second kappa shape index (κ2) is 14.8. The summed E-state index contributed by atoms with van der Waals surface area (Å²) >= 11 is 0. The molecule has 17 nitrogen and oxygen atoms in total. The lowest BCUT2D eigenvalue weighted by Crippen LogP contribution is -2.61. The third-order valence-corrected chi connectivity index (χ3v) is 9.72. The number of esters is 2. The normalized spacial score (nSPS) is 43.4. The molecule has 1 aliphatic carbocycles. The maximum atomic E-state index is 12.8. The van der Waals surface area contributed by atoms with Gasteiger partial charge >= 0.3 is 11.9 Å². The number of aliphatic hydroxyl groups is 6. The van der Waals surface area contributed by atoms with Gasteiger partial charge in [-0.25, -0.2) is 4.79 Å². The van der Waals surface area contributed by atoms with Crippen LogP contribution in [-0.2, 0) is 47.5 Å². The molecular weight excluding hydrogens is 668 g/mol.